The van der Waals surface area contributed by atoms with Crippen molar-refractivity contribution in [2.75, 3.05) is 13.1 Å². The Morgan fingerprint density at radius 1 is 1.29 bits per heavy atom. The van der Waals surface area contributed by atoms with Crippen LogP contribution in [0.4, 0.5) is 0 Å². The van der Waals surface area contributed by atoms with E-state index < -0.39 is 5.69 Å². The average molecular weight is 386 g/mol. The third-order valence-corrected chi connectivity index (χ3v) is 5.12. The summed E-state index contributed by atoms with van der Waals surface area (Å²) in [6.45, 7) is 6.74. The summed E-state index contributed by atoms with van der Waals surface area (Å²) in [5.41, 5.74) is -0.0893. The number of likely N-dealkylation sites (tertiary alicyclic amines) is 1. The normalized spacial score (nSPS) is 17.1. The molecule has 150 valence electrons. The van der Waals surface area contributed by atoms with Crippen molar-refractivity contribution in [3.8, 4) is 0 Å². The summed E-state index contributed by atoms with van der Waals surface area (Å²) < 4.78 is 1.12. The molecule has 2 aromatic rings. The predicted molar refractivity (Wildman–Crippen MR) is 106 cm³/mol. The molecule has 0 radical (unpaired) electrons. The lowest BCUT2D eigenvalue weighted by molar-refractivity contribution is -0.125. The molecule has 1 atom stereocenters. The van der Waals surface area contributed by atoms with E-state index >= 15 is 0 Å². The third-order valence-electron chi connectivity index (χ3n) is 5.12. The summed E-state index contributed by atoms with van der Waals surface area (Å²) in [6.07, 6.45) is 1.64. The van der Waals surface area contributed by atoms with Gasteiger partial charge in [-0.15, -0.1) is 0 Å². The number of nitrogens with one attached hydrogen (secondary N) is 2. The van der Waals surface area contributed by atoms with Gasteiger partial charge in [-0.05, 0) is 38.0 Å². The van der Waals surface area contributed by atoms with Gasteiger partial charge in [0.05, 0.1) is 10.9 Å². The van der Waals surface area contributed by atoms with E-state index in [0.29, 0.717) is 29.6 Å². The molecular formula is C20H26N4O4. The minimum absolute atomic E-state index is 0.0187. The number of piperidine rings is 1. The monoisotopic (exact) mass is 386 g/mol. The van der Waals surface area contributed by atoms with E-state index in [1.807, 2.05) is 13.8 Å². The number of amides is 2. The number of carbonyl (C=O) groups excluding carboxylic acids is 2. The number of hydrogen-bond donors (Lipinski definition) is 2. The molecule has 8 heteroatoms. The van der Waals surface area contributed by atoms with Crippen LogP contribution in [0, 0.1) is 5.92 Å². The zero-order valence-electron chi connectivity index (χ0n) is 16.4. The summed E-state index contributed by atoms with van der Waals surface area (Å²) in [7, 11) is 0. The quantitative estimate of drug-likeness (QED) is 0.821. The highest BCUT2D eigenvalue weighted by atomic mass is 16.2. The van der Waals surface area contributed by atoms with Crippen LogP contribution in [0.25, 0.3) is 10.9 Å². The fourth-order valence-corrected chi connectivity index (χ4v) is 3.50. The molecule has 0 spiro atoms. The number of H-pyrrole nitrogens is 1. The maximum Gasteiger partial charge on any atom is 0.328 e. The highest BCUT2D eigenvalue weighted by Gasteiger charge is 2.26. The molecule has 0 aliphatic carbocycles. The zero-order valence-corrected chi connectivity index (χ0v) is 16.4. The molecule has 1 aromatic heterocycles. The first-order chi connectivity index (χ1) is 13.3. The van der Waals surface area contributed by atoms with Crippen LogP contribution in [-0.2, 0) is 11.3 Å². The number of nitrogens with zero attached hydrogens (tertiary/aromatic N) is 2. The van der Waals surface area contributed by atoms with Crippen LogP contribution in [0.5, 0.6) is 0 Å². The fraction of sp³-hybridized carbons (Fsp3) is 0.500. The van der Waals surface area contributed by atoms with Gasteiger partial charge in [-0.1, -0.05) is 13.8 Å². The lowest BCUT2D eigenvalue weighted by atomic mass is 10.0. The molecule has 3 rings (SSSR count). The molecule has 1 fully saturated rings. The Hall–Kier alpha value is -2.90. The maximum atomic E-state index is 12.9. The minimum Gasteiger partial charge on any atom is -0.351 e. The van der Waals surface area contributed by atoms with E-state index in [-0.39, 0.29) is 35.9 Å². The number of fused-ring (bicyclic) bond motifs is 1. The molecule has 8 nitrogen and oxygen atoms in total. The van der Waals surface area contributed by atoms with Gasteiger partial charge in [0.25, 0.3) is 11.5 Å². The van der Waals surface area contributed by atoms with E-state index in [9.17, 15) is 19.2 Å². The molecule has 2 amide bonds. The number of carbonyl (C=O) groups is 2. The van der Waals surface area contributed by atoms with Crippen molar-refractivity contribution < 1.29 is 9.59 Å². The molecule has 0 saturated carbocycles. The number of hydrogen-bond acceptors (Lipinski definition) is 4. The van der Waals surface area contributed by atoms with E-state index in [4.69, 9.17) is 0 Å². The van der Waals surface area contributed by atoms with Crippen LogP contribution < -0.4 is 16.6 Å². The molecule has 1 aromatic carbocycles. The molecule has 1 aliphatic rings. The van der Waals surface area contributed by atoms with Gasteiger partial charge in [-0.2, -0.15) is 0 Å². The Kier molecular flexibility index (Phi) is 5.67. The third kappa shape index (κ3) is 3.85. The van der Waals surface area contributed by atoms with Crippen LogP contribution in [0.1, 0.15) is 44.0 Å². The van der Waals surface area contributed by atoms with Gasteiger partial charge in [0.15, 0.2) is 0 Å². The first-order valence-corrected chi connectivity index (χ1v) is 9.68. The molecule has 1 saturated heterocycles. The number of rotatable bonds is 4. The molecule has 1 unspecified atom stereocenters. The maximum absolute atomic E-state index is 12.9. The van der Waals surface area contributed by atoms with Crippen molar-refractivity contribution >= 4 is 22.7 Å². The Bertz CT molecular complexity index is 1020. The Balaban J connectivity index is 1.84. The summed E-state index contributed by atoms with van der Waals surface area (Å²) in [4.78, 5) is 53.7. The number of benzene rings is 1. The number of aromatic amines is 1. The number of aromatic nitrogens is 2. The van der Waals surface area contributed by atoms with Crippen LogP contribution in [0.2, 0.25) is 0 Å². The zero-order chi connectivity index (χ0) is 20.4. The fourth-order valence-electron chi connectivity index (χ4n) is 3.50. The largest absolute Gasteiger partial charge is 0.351 e. The topological polar surface area (TPSA) is 104 Å². The van der Waals surface area contributed by atoms with Crippen molar-refractivity contribution in [3.05, 3.63) is 44.6 Å². The lowest BCUT2D eigenvalue weighted by Gasteiger charge is -2.33. The molecule has 2 N–H and O–H groups in total. The van der Waals surface area contributed by atoms with Crippen molar-refractivity contribution in [1.82, 2.24) is 19.8 Å². The first kappa shape index (κ1) is 19.9. The Morgan fingerprint density at radius 2 is 2.04 bits per heavy atom. The Labute approximate surface area is 162 Å². The predicted octanol–water partition coefficient (Wildman–Crippen LogP) is 1.09. The molecule has 0 bridgehead atoms. The summed E-state index contributed by atoms with van der Waals surface area (Å²) >= 11 is 0. The van der Waals surface area contributed by atoms with Gasteiger partial charge >= 0.3 is 5.69 Å². The standard InChI is InChI=1S/C20H26N4O4/c1-4-24-19(27)15-8-7-13(10-16(15)22-20(24)28)18(26)23-9-5-6-14(11-23)21-17(25)12(2)3/h7-8,10,12,14H,4-6,9,11H2,1-3H3,(H,21,25)(H,22,28). The first-order valence-electron chi connectivity index (χ1n) is 9.68. The van der Waals surface area contributed by atoms with Gasteiger partial charge in [0.1, 0.15) is 0 Å². The van der Waals surface area contributed by atoms with Gasteiger partial charge in [0.2, 0.25) is 5.91 Å². The van der Waals surface area contributed by atoms with Crippen molar-refractivity contribution in [3.63, 3.8) is 0 Å². The average Bonchev–Trinajstić information content (AvgIpc) is 2.67. The van der Waals surface area contributed by atoms with Crippen LogP contribution in [-0.4, -0.2) is 45.4 Å². The highest BCUT2D eigenvalue weighted by molar-refractivity contribution is 5.97. The summed E-state index contributed by atoms with van der Waals surface area (Å²) in [6, 6.07) is 4.68. The van der Waals surface area contributed by atoms with Crippen molar-refractivity contribution in [2.24, 2.45) is 5.92 Å². The SMILES string of the molecule is CCn1c(=O)[nH]c2cc(C(=O)N3CCCC(NC(=O)C(C)C)C3)ccc2c1=O. The van der Waals surface area contributed by atoms with Gasteiger partial charge in [0, 0.05) is 37.2 Å². The van der Waals surface area contributed by atoms with E-state index in [1.165, 1.54) is 0 Å². The molecular weight excluding hydrogens is 360 g/mol. The van der Waals surface area contributed by atoms with E-state index in [1.54, 1.807) is 30.0 Å². The molecule has 28 heavy (non-hydrogen) atoms. The second kappa shape index (κ2) is 8.00. The smallest absolute Gasteiger partial charge is 0.328 e. The van der Waals surface area contributed by atoms with Crippen LogP contribution >= 0.6 is 0 Å². The lowest BCUT2D eigenvalue weighted by Crippen LogP contribution is -2.50. The van der Waals surface area contributed by atoms with Gasteiger partial charge in [-0.25, -0.2) is 4.79 Å². The van der Waals surface area contributed by atoms with Crippen LogP contribution in [0.15, 0.2) is 27.8 Å². The second-order valence-electron chi connectivity index (χ2n) is 7.49. The molecule has 1 aliphatic heterocycles. The van der Waals surface area contributed by atoms with E-state index in [0.717, 1.165) is 17.4 Å². The van der Waals surface area contributed by atoms with E-state index in [2.05, 4.69) is 10.3 Å². The van der Waals surface area contributed by atoms with Crippen LogP contribution in [0.3, 0.4) is 0 Å². The van der Waals surface area contributed by atoms with Gasteiger partial charge in [-0.3, -0.25) is 19.0 Å². The summed E-state index contributed by atoms with van der Waals surface area (Å²) in [5, 5.41) is 3.36. The minimum atomic E-state index is -0.487. The second-order valence-corrected chi connectivity index (χ2v) is 7.49. The summed E-state index contributed by atoms with van der Waals surface area (Å²) in [5.74, 6) is -0.295. The van der Waals surface area contributed by atoms with Crippen molar-refractivity contribution in [2.45, 2.75) is 46.2 Å². The molecule has 2 heterocycles. The van der Waals surface area contributed by atoms with Crippen molar-refractivity contribution in [1.29, 1.82) is 0 Å². The highest BCUT2D eigenvalue weighted by Crippen LogP contribution is 2.16. The van der Waals surface area contributed by atoms with Gasteiger partial charge < -0.3 is 15.2 Å². The Morgan fingerprint density at radius 3 is 2.71 bits per heavy atom.